The predicted octanol–water partition coefficient (Wildman–Crippen LogP) is 18.2. The van der Waals surface area contributed by atoms with Gasteiger partial charge in [-0.25, -0.2) is 0 Å². The number of aromatic nitrogens is 2. The van der Waals surface area contributed by atoms with Gasteiger partial charge in [0.2, 0.25) is 0 Å². The summed E-state index contributed by atoms with van der Waals surface area (Å²) in [6.07, 6.45) is 0. The van der Waals surface area contributed by atoms with Crippen molar-refractivity contribution in [2.45, 2.75) is 19.6 Å². The summed E-state index contributed by atoms with van der Waals surface area (Å²) in [5.41, 5.74) is 14.3. The lowest BCUT2D eigenvalue weighted by Crippen LogP contribution is -2.06. The third kappa shape index (κ3) is 6.65. The maximum Gasteiger partial charge on any atom is 0.0562 e. The summed E-state index contributed by atoms with van der Waals surface area (Å²) in [4.78, 5) is 5.15. The first-order valence-electron chi connectivity index (χ1n) is 23.7. The molecule has 0 aliphatic heterocycles. The van der Waals surface area contributed by atoms with Gasteiger partial charge >= 0.3 is 0 Å². The molecular weight excluding hydrogens is 853 g/mol. The van der Waals surface area contributed by atoms with Gasteiger partial charge in [0.1, 0.15) is 0 Å². The van der Waals surface area contributed by atoms with Gasteiger partial charge in [-0.15, -0.1) is 10.0 Å². The predicted molar refractivity (Wildman–Crippen MR) is 291 cm³/mol. The third-order valence-corrected chi connectivity index (χ3v) is 17.7. The monoisotopic (exact) mass is 898 g/mol. The lowest BCUT2D eigenvalue weighted by molar-refractivity contribution is 1.14. The second-order valence-corrected chi connectivity index (χ2v) is 20.8. The van der Waals surface area contributed by atoms with Gasteiger partial charge in [0.25, 0.3) is 0 Å². The lowest BCUT2D eigenvalue weighted by atomic mass is 9.96. The van der Waals surface area contributed by atoms with Gasteiger partial charge < -0.3 is 9.13 Å². The number of hydrogen-bond donors (Lipinski definition) is 0. The van der Waals surface area contributed by atoms with Crippen LogP contribution in [-0.2, 0) is 0 Å². The third-order valence-electron chi connectivity index (χ3n) is 13.8. The Bertz CT molecular complexity index is 3960. The molecule has 0 radical (unpaired) electrons. The Balaban J connectivity index is 1.05. The zero-order valence-corrected chi connectivity index (χ0v) is 38.7. The highest BCUT2D eigenvalue weighted by atomic mass is 32.3. The molecule has 0 spiro atoms. The van der Waals surface area contributed by atoms with Gasteiger partial charge in [-0.05, 0) is 124 Å². The van der Waals surface area contributed by atoms with Crippen LogP contribution in [0.15, 0.2) is 299 Å². The van der Waals surface area contributed by atoms with Crippen LogP contribution in [0.5, 0.6) is 0 Å². The Hall–Kier alpha value is -8.63. The maximum atomic E-state index is 2.50. The van der Waals surface area contributed by atoms with E-state index in [-0.39, 0.29) is 0 Å². The molecule has 2 heterocycles. The molecule has 2 aromatic heterocycles. The normalized spacial score (nSPS) is 12.0. The molecule has 0 fully saturated rings. The first kappa shape index (κ1) is 40.6. The van der Waals surface area contributed by atoms with Crippen LogP contribution < -0.4 is 0 Å². The second kappa shape index (κ2) is 16.9. The molecule has 0 N–H and O–H groups in total. The maximum absolute atomic E-state index is 2.50. The van der Waals surface area contributed by atoms with Crippen molar-refractivity contribution >= 4 is 53.6 Å². The Morgan fingerprint density at radius 3 is 1.32 bits per heavy atom. The minimum atomic E-state index is -2.02. The van der Waals surface area contributed by atoms with Gasteiger partial charge in [-0.1, -0.05) is 188 Å². The van der Waals surface area contributed by atoms with Crippen molar-refractivity contribution in [1.29, 1.82) is 0 Å². The minimum absolute atomic E-state index is 1.13. The first-order valence-corrected chi connectivity index (χ1v) is 25.3. The smallest absolute Gasteiger partial charge is 0.0562 e. The van der Waals surface area contributed by atoms with E-state index in [2.05, 4.69) is 288 Å². The average Bonchev–Trinajstić information content (AvgIpc) is 3.96. The SMILES string of the molecule is c1ccc(-c2cccc(-c3cccc4c3c3ccccc3n4-c3cccc4c3c3ccccc3n4-c3cccc(S(c4ccccc4)(c4ccccc4)c4cccc(-c5ccccc5)c4)c3)c2)cc1. The standard InChI is InChI=1S/C66H46N2S/c1-5-22-47(23-6-1)49-26-17-28-51(44-49)57-38-20-41-62-65(57)58-36-13-16-40-61(58)68(62)64-43-21-42-63-66(64)59-37-14-15-39-60(59)67(63)52-29-19-35-56(46-52)69(53-30-9-3-10-31-53,54-32-11-4-12-33-54)55-34-18-27-50(45-55)48-24-7-2-8-25-48/h1-46H. The quantitative estimate of drug-likeness (QED) is 0.137. The summed E-state index contributed by atoms with van der Waals surface area (Å²) < 4.78 is 5.00. The van der Waals surface area contributed by atoms with E-state index in [0.717, 1.165) is 16.9 Å². The van der Waals surface area contributed by atoms with Crippen LogP contribution >= 0.6 is 10.0 Å². The van der Waals surface area contributed by atoms with E-state index < -0.39 is 10.0 Å². The van der Waals surface area contributed by atoms with Crippen LogP contribution in [0.1, 0.15) is 0 Å². The van der Waals surface area contributed by atoms with E-state index in [1.54, 1.807) is 0 Å². The summed E-state index contributed by atoms with van der Waals surface area (Å²) in [7, 11) is -2.02. The van der Waals surface area contributed by atoms with E-state index in [9.17, 15) is 0 Å². The summed E-state index contributed by atoms with van der Waals surface area (Å²) >= 11 is 0. The molecule has 2 nitrogen and oxygen atoms in total. The highest BCUT2D eigenvalue weighted by molar-refractivity contribution is 8.34. The summed E-state index contributed by atoms with van der Waals surface area (Å²) in [6.45, 7) is 0. The summed E-state index contributed by atoms with van der Waals surface area (Å²) in [5, 5.41) is 4.92. The van der Waals surface area contributed by atoms with Gasteiger partial charge in [0.05, 0.1) is 27.8 Å². The van der Waals surface area contributed by atoms with Gasteiger partial charge in [-0.3, -0.25) is 0 Å². The number of hydrogen-bond acceptors (Lipinski definition) is 0. The highest BCUT2D eigenvalue weighted by Gasteiger charge is 2.34. The molecule has 13 aromatic rings. The van der Waals surface area contributed by atoms with Crippen LogP contribution in [0.2, 0.25) is 0 Å². The van der Waals surface area contributed by atoms with Crippen LogP contribution in [0.4, 0.5) is 0 Å². The van der Waals surface area contributed by atoms with E-state index in [1.165, 1.54) is 91.1 Å². The molecule has 11 aromatic carbocycles. The topological polar surface area (TPSA) is 9.86 Å². The van der Waals surface area contributed by atoms with E-state index in [4.69, 9.17) is 0 Å². The Kier molecular flexibility index (Phi) is 9.96. The second-order valence-electron chi connectivity index (χ2n) is 17.7. The molecular formula is C66H46N2S. The minimum Gasteiger partial charge on any atom is -0.309 e. The Morgan fingerprint density at radius 1 is 0.246 bits per heavy atom. The highest BCUT2D eigenvalue weighted by Crippen LogP contribution is 2.73. The fourth-order valence-corrected chi connectivity index (χ4v) is 14.8. The van der Waals surface area contributed by atoms with E-state index in [1.807, 2.05) is 0 Å². The molecule has 0 unspecified atom stereocenters. The average molecular weight is 899 g/mol. The number of fused-ring (bicyclic) bond motifs is 6. The summed E-state index contributed by atoms with van der Waals surface area (Å²) in [6, 6.07) is 103. The van der Waals surface area contributed by atoms with Crippen molar-refractivity contribution in [3.8, 4) is 44.8 Å². The Morgan fingerprint density at radius 2 is 0.667 bits per heavy atom. The van der Waals surface area contributed by atoms with Gasteiger partial charge in [0.15, 0.2) is 0 Å². The number of para-hydroxylation sites is 2. The number of benzene rings is 11. The molecule has 326 valence electrons. The molecule has 0 atom stereocenters. The van der Waals surface area contributed by atoms with Crippen molar-refractivity contribution in [2.75, 3.05) is 0 Å². The van der Waals surface area contributed by atoms with Crippen LogP contribution in [0, 0.1) is 0 Å². The first-order chi connectivity index (χ1) is 34.3. The Labute approximate surface area is 404 Å². The largest absolute Gasteiger partial charge is 0.309 e. The molecule has 0 amide bonds. The van der Waals surface area contributed by atoms with E-state index in [0.29, 0.717) is 0 Å². The van der Waals surface area contributed by atoms with Gasteiger partial charge in [-0.2, -0.15) is 0 Å². The van der Waals surface area contributed by atoms with Crippen LogP contribution in [-0.4, -0.2) is 9.13 Å². The number of nitrogens with zero attached hydrogens (tertiary/aromatic N) is 2. The van der Waals surface area contributed by atoms with Crippen LogP contribution in [0.3, 0.4) is 0 Å². The molecule has 0 saturated heterocycles. The van der Waals surface area contributed by atoms with Crippen molar-refractivity contribution in [2.24, 2.45) is 0 Å². The molecule has 3 heteroatoms. The fourth-order valence-electron chi connectivity index (χ4n) is 10.9. The molecule has 0 saturated carbocycles. The molecule has 0 bridgehead atoms. The summed E-state index contributed by atoms with van der Waals surface area (Å²) in [5.74, 6) is 0. The van der Waals surface area contributed by atoms with Crippen molar-refractivity contribution in [3.63, 3.8) is 0 Å². The zero-order chi connectivity index (χ0) is 45.7. The zero-order valence-electron chi connectivity index (χ0n) is 37.9. The number of rotatable bonds is 9. The molecule has 13 rings (SSSR count). The van der Waals surface area contributed by atoms with Crippen molar-refractivity contribution < 1.29 is 0 Å². The van der Waals surface area contributed by atoms with Crippen molar-refractivity contribution in [1.82, 2.24) is 9.13 Å². The van der Waals surface area contributed by atoms with Crippen LogP contribution in [0.25, 0.3) is 88.4 Å². The molecule has 0 aliphatic rings. The fraction of sp³-hybridized carbons (Fsp3) is 0. The lowest BCUT2D eigenvalue weighted by Gasteiger charge is -2.42. The van der Waals surface area contributed by atoms with Crippen molar-refractivity contribution in [3.05, 3.63) is 279 Å². The molecule has 0 aliphatic carbocycles. The molecule has 69 heavy (non-hydrogen) atoms. The van der Waals surface area contributed by atoms with E-state index >= 15 is 0 Å². The van der Waals surface area contributed by atoms with Gasteiger partial charge in [0, 0.05) is 46.8 Å².